The maximum atomic E-state index is 12.4. The molecular formula is C8H13F3N4. The van der Waals surface area contributed by atoms with Crippen LogP contribution in [0.5, 0.6) is 0 Å². The van der Waals surface area contributed by atoms with Gasteiger partial charge < -0.3 is 5.32 Å². The second-order valence-electron chi connectivity index (χ2n) is 3.08. The van der Waals surface area contributed by atoms with E-state index in [1.54, 1.807) is 6.92 Å². The van der Waals surface area contributed by atoms with Gasteiger partial charge in [-0.2, -0.15) is 18.3 Å². The van der Waals surface area contributed by atoms with Crippen LogP contribution < -0.4 is 5.32 Å². The van der Waals surface area contributed by atoms with Crippen LogP contribution in [0, 0.1) is 0 Å². The van der Waals surface area contributed by atoms with Crippen molar-refractivity contribution in [1.82, 2.24) is 20.1 Å². The van der Waals surface area contributed by atoms with Crippen molar-refractivity contribution in [3.8, 4) is 0 Å². The van der Waals surface area contributed by atoms with Crippen molar-refractivity contribution in [2.24, 2.45) is 0 Å². The fourth-order valence-electron chi connectivity index (χ4n) is 1.27. The number of hydrogen-bond donors (Lipinski definition) is 1. The van der Waals surface area contributed by atoms with Crippen molar-refractivity contribution in [3.63, 3.8) is 0 Å². The quantitative estimate of drug-likeness (QED) is 0.826. The molecule has 1 N–H and O–H groups in total. The third kappa shape index (κ3) is 2.92. The summed E-state index contributed by atoms with van der Waals surface area (Å²) < 4.78 is 38.7. The van der Waals surface area contributed by atoms with E-state index in [0.29, 0.717) is 12.4 Å². The Labute approximate surface area is 85.5 Å². The Hall–Kier alpha value is -1.11. The molecule has 1 aromatic heterocycles. The molecule has 0 aromatic carbocycles. The zero-order chi connectivity index (χ0) is 11.5. The van der Waals surface area contributed by atoms with Crippen molar-refractivity contribution in [3.05, 3.63) is 12.2 Å². The van der Waals surface area contributed by atoms with Gasteiger partial charge in [0.2, 0.25) is 0 Å². The van der Waals surface area contributed by atoms with Gasteiger partial charge in [-0.3, -0.25) is 4.68 Å². The van der Waals surface area contributed by atoms with Crippen molar-refractivity contribution < 1.29 is 13.2 Å². The molecule has 0 spiro atoms. The fraction of sp³-hybridized carbons (Fsp3) is 0.750. The molecule has 0 radical (unpaired) electrons. The summed E-state index contributed by atoms with van der Waals surface area (Å²) in [4.78, 5) is 3.80. The number of alkyl halides is 3. The van der Waals surface area contributed by atoms with E-state index in [4.69, 9.17) is 0 Å². The lowest BCUT2D eigenvalue weighted by atomic mass is 10.2. The van der Waals surface area contributed by atoms with Crippen LogP contribution in [0.1, 0.15) is 12.7 Å². The maximum absolute atomic E-state index is 12.4. The van der Waals surface area contributed by atoms with E-state index in [1.165, 1.54) is 18.1 Å². The van der Waals surface area contributed by atoms with Crippen LogP contribution in [-0.2, 0) is 13.0 Å². The average molecular weight is 222 g/mol. The van der Waals surface area contributed by atoms with Crippen LogP contribution in [0.4, 0.5) is 13.2 Å². The molecule has 0 aliphatic rings. The van der Waals surface area contributed by atoms with Gasteiger partial charge in [0.15, 0.2) is 0 Å². The lowest BCUT2D eigenvalue weighted by Crippen LogP contribution is -2.42. The van der Waals surface area contributed by atoms with Gasteiger partial charge in [-0.1, -0.05) is 0 Å². The van der Waals surface area contributed by atoms with E-state index in [1.807, 2.05) is 0 Å². The molecule has 0 saturated heterocycles. The summed E-state index contributed by atoms with van der Waals surface area (Å²) in [6, 6.07) is -1.58. The van der Waals surface area contributed by atoms with Gasteiger partial charge >= 0.3 is 6.18 Å². The molecule has 0 saturated carbocycles. The first-order valence-corrected chi connectivity index (χ1v) is 4.59. The zero-order valence-corrected chi connectivity index (χ0v) is 8.54. The minimum absolute atomic E-state index is 0.201. The maximum Gasteiger partial charge on any atom is 0.404 e. The second-order valence-corrected chi connectivity index (χ2v) is 3.08. The highest BCUT2D eigenvalue weighted by Gasteiger charge is 2.39. The molecule has 1 rings (SSSR count). The van der Waals surface area contributed by atoms with Crippen LogP contribution in [-0.4, -0.2) is 34.0 Å². The van der Waals surface area contributed by atoms with Crippen molar-refractivity contribution >= 4 is 0 Å². The third-order valence-corrected chi connectivity index (χ3v) is 2.13. The zero-order valence-electron chi connectivity index (χ0n) is 8.54. The van der Waals surface area contributed by atoms with Gasteiger partial charge in [-0.15, -0.1) is 0 Å². The molecule has 0 amide bonds. The van der Waals surface area contributed by atoms with E-state index in [0.717, 1.165) is 0 Å². The van der Waals surface area contributed by atoms with Crippen molar-refractivity contribution in [2.45, 2.75) is 32.1 Å². The lowest BCUT2D eigenvalue weighted by Gasteiger charge is -2.18. The Balaban J connectivity index is 2.75. The minimum Gasteiger partial charge on any atom is -0.309 e. The molecule has 4 nitrogen and oxygen atoms in total. The first-order chi connectivity index (χ1) is 6.99. The summed E-state index contributed by atoms with van der Waals surface area (Å²) in [7, 11) is 1.28. The van der Waals surface area contributed by atoms with Crippen LogP contribution in [0.3, 0.4) is 0 Å². The molecular weight excluding hydrogens is 209 g/mol. The number of nitrogens with one attached hydrogen (secondary N) is 1. The highest BCUT2D eigenvalue weighted by atomic mass is 19.4. The molecule has 7 heteroatoms. The number of rotatable bonds is 4. The third-order valence-electron chi connectivity index (χ3n) is 2.13. The summed E-state index contributed by atoms with van der Waals surface area (Å²) in [6.45, 7) is 2.32. The van der Waals surface area contributed by atoms with Crippen molar-refractivity contribution in [2.75, 3.05) is 7.05 Å². The van der Waals surface area contributed by atoms with Crippen LogP contribution in [0.15, 0.2) is 6.33 Å². The standard InChI is InChI=1S/C8H13F3N4/c1-3-15-7(13-5-14-15)4-6(12-2)8(9,10)11/h5-6,12H,3-4H2,1-2H3. The Kier molecular flexibility index (Phi) is 3.67. The van der Waals surface area contributed by atoms with Gasteiger partial charge in [0.1, 0.15) is 18.2 Å². The molecule has 86 valence electrons. The summed E-state index contributed by atoms with van der Waals surface area (Å²) >= 11 is 0. The Morgan fingerprint density at radius 1 is 1.53 bits per heavy atom. The lowest BCUT2D eigenvalue weighted by molar-refractivity contribution is -0.154. The summed E-state index contributed by atoms with van der Waals surface area (Å²) in [5, 5.41) is 6.04. The van der Waals surface area contributed by atoms with Gasteiger partial charge in [0.05, 0.1) is 0 Å². The van der Waals surface area contributed by atoms with Crippen LogP contribution in [0.2, 0.25) is 0 Å². The second kappa shape index (κ2) is 4.61. The first kappa shape index (κ1) is 12.0. The predicted octanol–water partition coefficient (Wildman–Crippen LogP) is 0.991. The monoisotopic (exact) mass is 222 g/mol. The Morgan fingerprint density at radius 3 is 2.67 bits per heavy atom. The van der Waals surface area contributed by atoms with Crippen LogP contribution in [0.25, 0.3) is 0 Å². The molecule has 1 unspecified atom stereocenters. The number of likely N-dealkylation sites (N-methyl/N-ethyl adjacent to an activating group) is 1. The number of aryl methyl sites for hydroxylation is 1. The highest BCUT2D eigenvalue weighted by Crippen LogP contribution is 2.22. The van der Waals surface area contributed by atoms with E-state index < -0.39 is 12.2 Å². The van der Waals surface area contributed by atoms with Gasteiger partial charge in [0, 0.05) is 13.0 Å². The number of aromatic nitrogens is 3. The first-order valence-electron chi connectivity index (χ1n) is 4.59. The molecule has 0 aliphatic carbocycles. The van der Waals surface area contributed by atoms with E-state index in [2.05, 4.69) is 15.4 Å². The van der Waals surface area contributed by atoms with E-state index >= 15 is 0 Å². The normalized spacial score (nSPS) is 14.2. The van der Waals surface area contributed by atoms with E-state index in [9.17, 15) is 13.2 Å². The number of halogens is 3. The fourth-order valence-corrected chi connectivity index (χ4v) is 1.27. The molecule has 15 heavy (non-hydrogen) atoms. The Morgan fingerprint density at radius 2 is 2.20 bits per heavy atom. The van der Waals surface area contributed by atoms with Gasteiger partial charge in [0.25, 0.3) is 0 Å². The topological polar surface area (TPSA) is 42.7 Å². The SMILES string of the molecule is CCn1ncnc1CC(NC)C(F)(F)F. The average Bonchev–Trinajstić information content (AvgIpc) is 2.59. The predicted molar refractivity (Wildman–Crippen MR) is 48.3 cm³/mol. The van der Waals surface area contributed by atoms with Crippen molar-refractivity contribution in [1.29, 1.82) is 0 Å². The molecule has 1 heterocycles. The smallest absolute Gasteiger partial charge is 0.309 e. The highest BCUT2D eigenvalue weighted by molar-refractivity contribution is 4.92. The summed E-state index contributed by atoms with van der Waals surface area (Å²) in [6.07, 6.45) is -3.20. The molecule has 0 bridgehead atoms. The number of hydrogen-bond acceptors (Lipinski definition) is 3. The molecule has 0 fully saturated rings. The largest absolute Gasteiger partial charge is 0.404 e. The van der Waals surface area contributed by atoms with E-state index in [-0.39, 0.29) is 6.42 Å². The minimum atomic E-state index is -4.26. The summed E-state index contributed by atoms with van der Waals surface area (Å²) in [5.74, 6) is 0.342. The molecule has 0 aliphatic heterocycles. The Bertz CT molecular complexity index is 307. The van der Waals surface area contributed by atoms with Gasteiger partial charge in [-0.25, -0.2) is 4.98 Å². The molecule has 1 aromatic rings. The molecule has 1 atom stereocenters. The number of nitrogens with zero attached hydrogens (tertiary/aromatic N) is 3. The summed E-state index contributed by atoms with van der Waals surface area (Å²) in [5.41, 5.74) is 0. The van der Waals surface area contributed by atoms with Gasteiger partial charge in [-0.05, 0) is 14.0 Å². The van der Waals surface area contributed by atoms with Crippen LogP contribution >= 0.6 is 0 Å².